The molecule has 0 unspecified atom stereocenters. The molecule has 0 aromatic rings. The second kappa shape index (κ2) is 3.29. The van der Waals surface area contributed by atoms with Gasteiger partial charge in [0.2, 0.25) is 0 Å². The molecule has 0 aromatic heterocycles. The van der Waals surface area contributed by atoms with Gasteiger partial charge in [-0.1, -0.05) is 0 Å². The third-order valence-corrected chi connectivity index (χ3v) is 1.21. The summed E-state index contributed by atoms with van der Waals surface area (Å²) >= 11 is 0. The lowest BCUT2D eigenvalue weighted by Gasteiger charge is -2.09. The van der Waals surface area contributed by atoms with Gasteiger partial charge in [0, 0.05) is 0 Å². The highest BCUT2D eigenvalue weighted by Crippen LogP contribution is 2.37. The molecule has 0 aliphatic heterocycles. The maximum atomic E-state index is 9.96. The molecule has 0 bridgehead atoms. The topological polar surface area (TPSA) is 87.0 Å². The minimum atomic E-state index is -4.40. The number of phosphoric acid groups is 1. The van der Waals surface area contributed by atoms with Crippen LogP contribution in [0.1, 0.15) is 6.92 Å². The first-order valence-electron chi connectivity index (χ1n) is 2.30. The minimum Gasteiger partial charge on any atom is -0.394 e. The van der Waals surface area contributed by atoms with Crippen LogP contribution in [0.4, 0.5) is 0 Å². The van der Waals surface area contributed by atoms with Crippen molar-refractivity contribution in [3.8, 4) is 0 Å². The van der Waals surface area contributed by atoms with Gasteiger partial charge in [0.15, 0.2) is 0 Å². The molecule has 0 heterocycles. The van der Waals surface area contributed by atoms with Crippen LogP contribution in [-0.4, -0.2) is 27.6 Å². The first-order valence-corrected chi connectivity index (χ1v) is 3.83. The summed E-state index contributed by atoms with van der Waals surface area (Å²) in [6.45, 7) is 0.963. The molecule has 0 spiro atoms. The van der Waals surface area contributed by atoms with Gasteiger partial charge in [-0.2, -0.15) is 0 Å². The SMILES string of the molecule is C[C@H](CO)OP(=O)(O)O. The molecule has 0 aromatic carbocycles. The Bertz CT molecular complexity index is 117. The third-order valence-electron chi connectivity index (χ3n) is 0.574. The largest absolute Gasteiger partial charge is 0.469 e. The fourth-order valence-electron chi connectivity index (χ4n) is 0.268. The fourth-order valence-corrected chi connectivity index (χ4v) is 0.803. The number of aliphatic hydroxyl groups is 1. The van der Waals surface area contributed by atoms with Crippen LogP contribution < -0.4 is 0 Å². The average molecular weight is 156 g/mol. The Morgan fingerprint density at radius 1 is 1.67 bits per heavy atom. The summed E-state index contributed by atoms with van der Waals surface area (Å²) < 4.78 is 14.0. The number of phosphoric ester groups is 1. The van der Waals surface area contributed by atoms with Gasteiger partial charge in [0.05, 0.1) is 12.7 Å². The monoisotopic (exact) mass is 156 g/mol. The summed E-state index contributed by atoms with van der Waals surface area (Å²) in [5, 5.41) is 8.23. The van der Waals surface area contributed by atoms with E-state index < -0.39 is 20.5 Å². The maximum Gasteiger partial charge on any atom is 0.469 e. The Hall–Kier alpha value is 0.0700. The van der Waals surface area contributed by atoms with Crippen LogP contribution in [0.3, 0.4) is 0 Å². The number of rotatable bonds is 3. The van der Waals surface area contributed by atoms with Gasteiger partial charge in [-0.3, -0.25) is 4.52 Å². The van der Waals surface area contributed by atoms with Crippen LogP contribution in [0.2, 0.25) is 0 Å². The van der Waals surface area contributed by atoms with E-state index in [2.05, 4.69) is 4.52 Å². The van der Waals surface area contributed by atoms with Gasteiger partial charge >= 0.3 is 7.82 Å². The van der Waals surface area contributed by atoms with E-state index in [9.17, 15) is 4.57 Å². The molecule has 1 atom stereocenters. The van der Waals surface area contributed by atoms with Crippen molar-refractivity contribution in [2.75, 3.05) is 6.61 Å². The van der Waals surface area contributed by atoms with E-state index in [-0.39, 0.29) is 0 Å². The molecule has 0 aliphatic carbocycles. The summed E-state index contributed by atoms with van der Waals surface area (Å²) in [7, 11) is -4.40. The Morgan fingerprint density at radius 3 is 2.22 bits per heavy atom. The van der Waals surface area contributed by atoms with E-state index in [0.717, 1.165) is 0 Å². The molecular weight excluding hydrogens is 147 g/mol. The fraction of sp³-hybridized carbons (Fsp3) is 1.00. The molecule has 9 heavy (non-hydrogen) atoms. The van der Waals surface area contributed by atoms with E-state index in [1.807, 2.05) is 0 Å². The molecule has 0 radical (unpaired) electrons. The van der Waals surface area contributed by atoms with Crippen molar-refractivity contribution in [2.24, 2.45) is 0 Å². The van der Waals surface area contributed by atoms with Crippen molar-refractivity contribution in [3.63, 3.8) is 0 Å². The van der Waals surface area contributed by atoms with Crippen LogP contribution in [-0.2, 0) is 9.09 Å². The molecule has 0 saturated heterocycles. The molecular formula is C3H9O5P. The first kappa shape index (κ1) is 9.07. The van der Waals surface area contributed by atoms with Gasteiger partial charge in [-0.25, -0.2) is 4.57 Å². The zero-order valence-corrected chi connectivity index (χ0v) is 5.78. The van der Waals surface area contributed by atoms with Crippen molar-refractivity contribution >= 4 is 7.82 Å². The number of hydrogen-bond acceptors (Lipinski definition) is 3. The molecule has 5 nitrogen and oxygen atoms in total. The molecule has 0 fully saturated rings. The zero-order valence-electron chi connectivity index (χ0n) is 4.89. The van der Waals surface area contributed by atoms with Gasteiger partial charge in [0.25, 0.3) is 0 Å². The van der Waals surface area contributed by atoms with Gasteiger partial charge < -0.3 is 14.9 Å². The Balaban J connectivity index is 3.60. The predicted octanol–water partition coefficient (Wildman–Crippen LogP) is -0.524. The van der Waals surface area contributed by atoms with Crippen molar-refractivity contribution in [1.29, 1.82) is 0 Å². The Labute approximate surface area is 52.5 Å². The number of aliphatic hydroxyl groups excluding tert-OH is 1. The lowest BCUT2D eigenvalue weighted by atomic mass is 10.5. The van der Waals surface area contributed by atoms with Crippen LogP contribution in [0.5, 0.6) is 0 Å². The van der Waals surface area contributed by atoms with Gasteiger partial charge in [-0.05, 0) is 6.92 Å². The predicted molar refractivity (Wildman–Crippen MR) is 29.7 cm³/mol. The Kier molecular flexibility index (Phi) is 3.32. The van der Waals surface area contributed by atoms with Crippen molar-refractivity contribution in [3.05, 3.63) is 0 Å². The molecule has 56 valence electrons. The second-order valence-electron chi connectivity index (χ2n) is 1.59. The third kappa shape index (κ3) is 5.95. The highest BCUT2D eigenvalue weighted by Gasteiger charge is 2.17. The first-order chi connectivity index (χ1) is 3.95. The minimum absolute atomic E-state index is 0.398. The zero-order chi connectivity index (χ0) is 7.49. The second-order valence-corrected chi connectivity index (χ2v) is 2.78. The molecule has 0 aliphatic rings. The van der Waals surface area contributed by atoms with Crippen LogP contribution in [0.25, 0.3) is 0 Å². The van der Waals surface area contributed by atoms with Crippen molar-refractivity contribution < 1.29 is 24.0 Å². The van der Waals surface area contributed by atoms with E-state index in [4.69, 9.17) is 14.9 Å². The summed E-state index contributed by atoms with van der Waals surface area (Å²) in [5.41, 5.74) is 0. The van der Waals surface area contributed by atoms with Gasteiger partial charge in [-0.15, -0.1) is 0 Å². The smallest absolute Gasteiger partial charge is 0.394 e. The normalized spacial score (nSPS) is 15.6. The average Bonchev–Trinajstić information content (AvgIpc) is 1.62. The lowest BCUT2D eigenvalue weighted by Crippen LogP contribution is -2.10. The Morgan fingerprint density at radius 2 is 2.11 bits per heavy atom. The molecule has 6 heteroatoms. The molecule has 0 amide bonds. The maximum absolute atomic E-state index is 9.96. The van der Waals surface area contributed by atoms with Crippen LogP contribution in [0, 0.1) is 0 Å². The van der Waals surface area contributed by atoms with Crippen LogP contribution >= 0.6 is 7.82 Å². The quantitative estimate of drug-likeness (QED) is 0.478. The van der Waals surface area contributed by atoms with E-state index in [1.165, 1.54) is 6.92 Å². The van der Waals surface area contributed by atoms with Crippen molar-refractivity contribution in [1.82, 2.24) is 0 Å². The summed E-state index contributed by atoms with van der Waals surface area (Å²) in [6.07, 6.45) is -0.814. The summed E-state index contributed by atoms with van der Waals surface area (Å²) in [5.74, 6) is 0. The molecule has 0 saturated carbocycles. The molecule has 0 rings (SSSR count). The highest BCUT2D eigenvalue weighted by atomic mass is 31.2. The van der Waals surface area contributed by atoms with Gasteiger partial charge in [0.1, 0.15) is 0 Å². The highest BCUT2D eigenvalue weighted by molar-refractivity contribution is 7.46. The summed E-state index contributed by atoms with van der Waals surface area (Å²) in [4.78, 5) is 16.2. The van der Waals surface area contributed by atoms with E-state index >= 15 is 0 Å². The standard InChI is InChI=1S/C3H9O5P/c1-3(2-4)8-9(5,6)7/h3-4H,2H2,1H3,(H2,5,6,7)/t3-/m1/s1. The molecule has 3 N–H and O–H groups in total. The van der Waals surface area contributed by atoms with Crippen LogP contribution in [0.15, 0.2) is 0 Å². The number of hydrogen-bond donors (Lipinski definition) is 3. The van der Waals surface area contributed by atoms with Crippen molar-refractivity contribution in [2.45, 2.75) is 13.0 Å². The van der Waals surface area contributed by atoms with E-state index in [1.54, 1.807) is 0 Å². The van der Waals surface area contributed by atoms with E-state index in [0.29, 0.717) is 0 Å². The summed E-state index contributed by atoms with van der Waals surface area (Å²) in [6, 6.07) is 0. The lowest BCUT2D eigenvalue weighted by molar-refractivity contribution is 0.0921.